The number of hydrogen-bond acceptors (Lipinski definition) is 4. The van der Waals surface area contributed by atoms with Crippen molar-refractivity contribution in [3.63, 3.8) is 0 Å². The SMILES string of the molecule is Cc1ccc2nc(NC(=O)C3CC(=O)N(c4ccccc4C)C3)sc2c1. The summed E-state index contributed by atoms with van der Waals surface area (Å²) in [5, 5.41) is 3.47. The number of amides is 2. The van der Waals surface area contributed by atoms with Crippen LogP contribution in [0.15, 0.2) is 42.5 Å². The molecule has 5 nitrogen and oxygen atoms in total. The number of carbonyl (C=O) groups excluding carboxylic acids is 2. The van der Waals surface area contributed by atoms with Crippen LogP contribution in [0.5, 0.6) is 0 Å². The molecule has 0 spiro atoms. The van der Waals surface area contributed by atoms with Gasteiger partial charge in [-0.2, -0.15) is 0 Å². The fourth-order valence-corrected chi connectivity index (χ4v) is 4.24. The second-order valence-corrected chi connectivity index (χ2v) is 7.70. The quantitative estimate of drug-likeness (QED) is 0.765. The lowest BCUT2D eigenvalue weighted by Crippen LogP contribution is -2.28. The highest BCUT2D eigenvalue weighted by Gasteiger charge is 2.35. The number of nitrogens with zero attached hydrogens (tertiary/aromatic N) is 2. The molecule has 2 aromatic carbocycles. The third kappa shape index (κ3) is 3.08. The lowest BCUT2D eigenvalue weighted by molar-refractivity contribution is -0.122. The summed E-state index contributed by atoms with van der Waals surface area (Å²) >= 11 is 1.46. The van der Waals surface area contributed by atoms with E-state index in [-0.39, 0.29) is 24.2 Å². The molecule has 2 amide bonds. The Hall–Kier alpha value is -2.73. The molecule has 1 fully saturated rings. The van der Waals surface area contributed by atoms with Crippen molar-refractivity contribution in [2.45, 2.75) is 20.3 Å². The molecule has 1 aliphatic heterocycles. The van der Waals surface area contributed by atoms with Gasteiger partial charge in [0.25, 0.3) is 0 Å². The molecule has 4 rings (SSSR count). The van der Waals surface area contributed by atoms with Crippen LogP contribution in [0.1, 0.15) is 17.5 Å². The number of aryl methyl sites for hydroxylation is 2. The summed E-state index contributed by atoms with van der Waals surface area (Å²) in [6.45, 7) is 4.40. The van der Waals surface area contributed by atoms with Gasteiger partial charge in [0.1, 0.15) is 0 Å². The van der Waals surface area contributed by atoms with Gasteiger partial charge in [-0.25, -0.2) is 4.98 Å². The van der Waals surface area contributed by atoms with Crippen molar-refractivity contribution in [1.82, 2.24) is 4.98 Å². The highest BCUT2D eigenvalue weighted by atomic mass is 32.1. The number of benzene rings is 2. The fraction of sp³-hybridized carbons (Fsp3) is 0.250. The molecule has 0 radical (unpaired) electrons. The Kier molecular flexibility index (Phi) is 4.20. The van der Waals surface area contributed by atoms with Crippen LogP contribution in [0.4, 0.5) is 10.8 Å². The first kappa shape index (κ1) is 16.7. The molecule has 1 atom stereocenters. The van der Waals surface area contributed by atoms with Gasteiger partial charge in [-0.15, -0.1) is 0 Å². The van der Waals surface area contributed by atoms with Crippen LogP contribution in [-0.4, -0.2) is 23.3 Å². The molecule has 0 saturated carbocycles. The van der Waals surface area contributed by atoms with Gasteiger partial charge in [0.15, 0.2) is 5.13 Å². The van der Waals surface area contributed by atoms with E-state index in [2.05, 4.69) is 16.4 Å². The standard InChI is InChI=1S/C20H19N3O2S/c1-12-7-8-15-17(9-12)26-20(21-15)22-19(25)14-10-18(24)23(11-14)16-6-4-3-5-13(16)2/h3-9,14H,10-11H2,1-2H3,(H,21,22,25). The van der Waals surface area contributed by atoms with E-state index in [1.54, 1.807) is 4.90 Å². The summed E-state index contributed by atoms with van der Waals surface area (Å²) < 4.78 is 1.05. The zero-order valence-electron chi connectivity index (χ0n) is 14.7. The summed E-state index contributed by atoms with van der Waals surface area (Å²) in [5.41, 5.74) is 3.95. The van der Waals surface area contributed by atoms with Crippen molar-refractivity contribution in [2.24, 2.45) is 5.92 Å². The largest absolute Gasteiger partial charge is 0.311 e. The second kappa shape index (κ2) is 6.53. The van der Waals surface area contributed by atoms with Crippen molar-refractivity contribution in [3.8, 4) is 0 Å². The molecular weight excluding hydrogens is 346 g/mol. The summed E-state index contributed by atoms with van der Waals surface area (Å²) in [6.07, 6.45) is 0.226. The van der Waals surface area contributed by atoms with Crippen molar-refractivity contribution < 1.29 is 9.59 Å². The maximum Gasteiger partial charge on any atom is 0.231 e. The van der Waals surface area contributed by atoms with Crippen molar-refractivity contribution in [2.75, 3.05) is 16.8 Å². The van der Waals surface area contributed by atoms with E-state index in [9.17, 15) is 9.59 Å². The van der Waals surface area contributed by atoms with Gasteiger partial charge < -0.3 is 10.2 Å². The van der Waals surface area contributed by atoms with Gasteiger partial charge in [0, 0.05) is 18.7 Å². The number of nitrogens with one attached hydrogen (secondary N) is 1. The van der Waals surface area contributed by atoms with Gasteiger partial charge >= 0.3 is 0 Å². The highest BCUT2D eigenvalue weighted by Crippen LogP contribution is 2.30. The van der Waals surface area contributed by atoms with E-state index in [0.29, 0.717) is 11.7 Å². The topological polar surface area (TPSA) is 62.3 Å². The first-order chi connectivity index (χ1) is 12.5. The fourth-order valence-electron chi connectivity index (χ4n) is 3.28. The monoisotopic (exact) mass is 365 g/mol. The predicted octanol–water partition coefficient (Wildman–Crippen LogP) is 3.90. The molecule has 0 aliphatic carbocycles. The van der Waals surface area contributed by atoms with Crippen LogP contribution >= 0.6 is 11.3 Å². The molecule has 1 N–H and O–H groups in total. The van der Waals surface area contributed by atoms with Crippen molar-refractivity contribution in [3.05, 3.63) is 53.6 Å². The van der Waals surface area contributed by atoms with E-state index in [1.165, 1.54) is 11.3 Å². The zero-order valence-corrected chi connectivity index (χ0v) is 15.5. The third-order valence-corrected chi connectivity index (χ3v) is 5.61. The van der Waals surface area contributed by atoms with Gasteiger partial charge in [0.2, 0.25) is 11.8 Å². The number of fused-ring (bicyclic) bond motifs is 1. The number of rotatable bonds is 3. The molecule has 132 valence electrons. The molecule has 1 aromatic heterocycles. The van der Waals surface area contributed by atoms with Crippen LogP contribution in [0.3, 0.4) is 0 Å². The Morgan fingerprint density at radius 2 is 2.04 bits per heavy atom. The van der Waals surface area contributed by atoms with E-state index in [1.807, 2.05) is 50.2 Å². The smallest absolute Gasteiger partial charge is 0.231 e. The summed E-state index contributed by atoms with van der Waals surface area (Å²) in [7, 11) is 0. The second-order valence-electron chi connectivity index (χ2n) is 6.67. The molecule has 1 aliphatic rings. The summed E-state index contributed by atoms with van der Waals surface area (Å²) in [5.74, 6) is -0.527. The first-order valence-electron chi connectivity index (χ1n) is 8.55. The first-order valence-corrected chi connectivity index (χ1v) is 9.37. The number of thiazole rings is 1. The van der Waals surface area contributed by atoms with E-state index in [0.717, 1.165) is 27.0 Å². The number of hydrogen-bond donors (Lipinski definition) is 1. The van der Waals surface area contributed by atoms with Crippen LogP contribution in [-0.2, 0) is 9.59 Å². The minimum atomic E-state index is -0.365. The third-order valence-electron chi connectivity index (χ3n) is 4.68. The molecule has 2 heterocycles. The van der Waals surface area contributed by atoms with Gasteiger partial charge in [-0.3, -0.25) is 9.59 Å². The van der Waals surface area contributed by atoms with Gasteiger partial charge in [-0.05, 0) is 43.2 Å². The summed E-state index contributed by atoms with van der Waals surface area (Å²) in [4.78, 5) is 31.2. The van der Waals surface area contributed by atoms with E-state index in [4.69, 9.17) is 0 Å². The van der Waals surface area contributed by atoms with Crippen LogP contribution in [0.2, 0.25) is 0 Å². The van der Waals surface area contributed by atoms with Crippen LogP contribution < -0.4 is 10.2 Å². The highest BCUT2D eigenvalue weighted by molar-refractivity contribution is 7.22. The number of para-hydroxylation sites is 1. The Labute approximate surface area is 155 Å². The maximum absolute atomic E-state index is 12.6. The summed E-state index contributed by atoms with van der Waals surface area (Å²) in [6, 6.07) is 13.8. The molecule has 0 bridgehead atoms. The maximum atomic E-state index is 12.6. The average Bonchev–Trinajstić information content (AvgIpc) is 3.18. The zero-order chi connectivity index (χ0) is 18.3. The number of carbonyl (C=O) groups is 2. The van der Waals surface area contributed by atoms with Crippen LogP contribution in [0, 0.1) is 19.8 Å². The lowest BCUT2D eigenvalue weighted by Gasteiger charge is -2.18. The number of aromatic nitrogens is 1. The van der Waals surface area contributed by atoms with Crippen LogP contribution in [0.25, 0.3) is 10.2 Å². The minimum absolute atomic E-state index is 0.0145. The molecule has 26 heavy (non-hydrogen) atoms. The Bertz CT molecular complexity index is 1010. The molecular formula is C20H19N3O2S. The molecule has 1 unspecified atom stereocenters. The molecule has 1 saturated heterocycles. The van der Waals surface area contributed by atoms with Crippen molar-refractivity contribution >= 4 is 44.2 Å². The Balaban J connectivity index is 1.50. The van der Waals surface area contributed by atoms with Gasteiger partial charge in [-0.1, -0.05) is 35.6 Å². The normalized spacial score (nSPS) is 17.1. The number of anilines is 2. The van der Waals surface area contributed by atoms with Crippen molar-refractivity contribution in [1.29, 1.82) is 0 Å². The minimum Gasteiger partial charge on any atom is -0.311 e. The average molecular weight is 365 g/mol. The lowest BCUT2D eigenvalue weighted by atomic mass is 10.1. The predicted molar refractivity (Wildman–Crippen MR) is 105 cm³/mol. The Morgan fingerprint density at radius 3 is 2.85 bits per heavy atom. The molecule has 6 heteroatoms. The molecule has 3 aromatic rings. The van der Waals surface area contributed by atoms with Gasteiger partial charge in [0.05, 0.1) is 16.1 Å². The van der Waals surface area contributed by atoms with E-state index < -0.39 is 0 Å². The van der Waals surface area contributed by atoms with E-state index >= 15 is 0 Å². The Morgan fingerprint density at radius 1 is 1.23 bits per heavy atom.